The number of esters is 1. The van der Waals surface area contributed by atoms with Crippen molar-refractivity contribution in [1.29, 1.82) is 0 Å². The first-order valence-corrected chi connectivity index (χ1v) is 9.44. The minimum Gasteiger partial charge on any atom is -0.458 e. The van der Waals surface area contributed by atoms with Crippen molar-refractivity contribution in [2.24, 2.45) is 11.8 Å². The second-order valence-electron chi connectivity index (χ2n) is 8.25. The van der Waals surface area contributed by atoms with E-state index in [4.69, 9.17) is 9.47 Å². The van der Waals surface area contributed by atoms with Crippen molar-refractivity contribution < 1.29 is 19.1 Å². The number of nitrogens with one attached hydrogen (secondary N) is 1. The lowest BCUT2D eigenvalue weighted by atomic mass is 9.78. The summed E-state index contributed by atoms with van der Waals surface area (Å²) in [6.45, 7) is 7.86. The Labute approximate surface area is 156 Å². The molecule has 1 N–H and O–H groups in total. The maximum absolute atomic E-state index is 12.7. The average Bonchev–Trinajstić information content (AvgIpc) is 2.57. The predicted molar refractivity (Wildman–Crippen MR) is 101 cm³/mol. The molecule has 144 valence electrons. The van der Waals surface area contributed by atoms with Gasteiger partial charge in [0.25, 0.3) is 0 Å². The van der Waals surface area contributed by atoms with E-state index < -0.39 is 17.7 Å². The average molecular weight is 361 g/mol. The van der Waals surface area contributed by atoms with Crippen LogP contribution < -0.4 is 5.32 Å². The molecule has 0 bridgehead atoms. The lowest BCUT2D eigenvalue weighted by Crippen LogP contribution is -2.49. The van der Waals surface area contributed by atoms with Crippen molar-refractivity contribution in [1.82, 2.24) is 5.32 Å². The van der Waals surface area contributed by atoms with Gasteiger partial charge in [-0.3, -0.25) is 0 Å². The largest absolute Gasteiger partial charge is 0.458 e. The molecule has 5 nitrogen and oxygen atoms in total. The van der Waals surface area contributed by atoms with Crippen molar-refractivity contribution in [3.8, 4) is 0 Å². The summed E-state index contributed by atoms with van der Waals surface area (Å²) in [6, 6.07) is 8.81. The molecule has 1 aliphatic carbocycles. The van der Waals surface area contributed by atoms with Gasteiger partial charge < -0.3 is 14.8 Å². The summed E-state index contributed by atoms with van der Waals surface area (Å²) < 4.78 is 10.8. The van der Waals surface area contributed by atoms with E-state index >= 15 is 0 Å². The molecule has 1 saturated carbocycles. The van der Waals surface area contributed by atoms with E-state index in [-0.39, 0.29) is 18.5 Å². The fourth-order valence-corrected chi connectivity index (χ4v) is 3.41. The summed E-state index contributed by atoms with van der Waals surface area (Å²) in [5.41, 5.74) is 0.313. The molecule has 0 aliphatic heterocycles. The fraction of sp³-hybridized carbons (Fsp3) is 0.619. The zero-order valence-electron chi connectivity index (χ0n) is 16.3. The summed E-state index contributed by atoms with van der Waals surface area (Å²) >= 11 is 0. The summed E-state index contributed by atoms with van der Waals surface area (Å²) in [5, 5.41) is 2.76. The third-order valence-corrected chi connectivity index (χ3v) is 4.60. The van der Waals surface area contributed by atoms with Crippen molar-refractivity contribution in [3.63, 3.8) is 0 Å². The summed E-state index contributed by atoms with van der Waals surface area (Å²) in [7, 11) is 0. The van der Waals surface area contributed by atoms with Crippen LogP contribution in [0.3, 0.4) is 0 Å². The van der Waals surface area contributed by atoms with Gasteiger partial charge in [0.2, 0.25) is 0 Å². The number of amides is 1. The minimum absolute atomic E-state index is 0.0814. The van der Waals surface area contributed by atoms with E-state index in [9.17, 15) is 9.59 Å². The highest BCUT2D eigenvalue weighted by Gasteiger charge is 2.36. The summed E-state index contributed by atoms with van der Waals surface area (Å²) in [4.78, 5) is 25.0. The van der Waals surface area contributed by atoms with Crippen LogP contribution in [0.4, 0.5) is 4.79 Å². The van der Waals surface area contributed by atoms with Gasteiger partial charge in [-0.05, 0) is 51.0 Å². The van der Waals surface area contributed by atoms with Gasteiger partial charge in [0.1, 0.15) is 18.2 Å². The van der Waals surface area contributed by atoms with Crippen LogP contribution in [0.5, 0.6) is 0 Å². The van der Waals surface area contributed by atoms with E-state index in [1.807, 2.05) is 51.1 Å². The predicted octanol–water partition coefficient (Wildman–Crippen LogP) is 4.45. The van der Waals surface area contributed by atoms with Gasteiger partial charge >= 0.3 is 12.1 Å². The number of benzene rings is 1. The molecule has 1 amide bonds. The lowest BCUT2D eigenvalue weighted by Gasteiger charge is -2.33. The molecule has 1 aromatic rings. The fourth-order valence-electron chi connectivity index (χ4n) is 3.41. The number of rotatable bonds is 5. The molecule has 0 spiro atoms. The summed E-state index contributed by atoms with van der Waals surface area (Å²) in [5.74, 6) is 0.243. The van der Waals surface area contributed by atoms with Gasteiger partial charge in [-0.1, -0.05) is 50.1 Å². The molecule has 2 rings (SSSR count). The third-order valence-electron chi connectivity index (χ3n) is 4.60. The van der Waals surface area contributed by atoms with Crippen LogP contribution in [0.2, 0.25) is 0 Å². The number of alkyl carbamates (subject to hydrolysis) is 1. The minimum atomic E-state index is -0.666. The zero-order chi connectivity index (χ0) is 19.2. The van der Waals surface area contributed by atoms with Gasteiger partial charge in [0, 0.05) is 0 Å². The van der Waals surface area contributed by atoms with E-state index in [1.54, 1.807) is 0 Å². The van der Waals surface area contributed by atoms with Crippen molar-refractivity contribution in [2.45, 2.75) is 71.6 Å². The molecule has 1 aliphatic rings. The monoisotopic (exact) mass is 361 g/mol. The van der Waals surface area contributed by atoms with Gasteiger partial charge in [0.15, 0.2) is 0 Å². The van der Waals surface area contributed by atoms with Crippen LogP contribution >= 0.6 is 0 Å². The SMILES string of the molecule is CC1CCCC(C(NC(=O)OCc2ccccc2)C(=O)OC(C)(C)C)C1. The lowest BCUT2D eigenvalue weighted by molar-refractivity contribution is -0.159. The Hall–Kier alpha value is -2.04. The number of hydrogen-bond acceptors (Lipinski definition) is 4. The van der Waals surface area contributed by atoms with Gasteiger partial charge in [-0.15, -0.1) is 0 Å². The van der Waals surface area contributed by atoms with Gasteiger partial charge in [-0.2, -0.15) is 0 Å². The molecular weight excluding hydrogens is 330 g/mol. The standard InChI is InChI=1S/C21H31NO4/c1-15-9-8-12-17(13-15)18(19(23)26-21(2,3)4)22-20(24)25-14-16-10-6-5-7-11-16/h5-7,10-11,15,17-18H,8-9,12-14H2,1-4H3,(H,22,24). The highest BCUT2D eigenvalue weighted by molar-refractivity contribution is 5.82. The second kappa shape index (κ2) is 9.06. The Morgan fingerprint density at radius 3 is 2.50 bits per heavy atom. The van der Waals surface area contributed by atoms with Crippen molar-refractivity contribution in [3.05, 3.63) is 35.9 Å². The van der Waals surface area contributed by atoms with Crippen LogP contribution in [-0.2, 0) is 20.9 Å². The van der Waals surface area contributed by atoms with Crippen LogP contribution in [0, 0.1) is 11.8 Å². The van der Waals surface area contributed by atoms with Crippen LogP contribution in [-0.4, -0.2) is 23.7 Å². The summed E-state index contributed by atoms with van der Waals surface area (Å²) in [6.07, 6.45) is 3.46. The molecule has 3 unspecified atom stereocenters. The van der Waals surface area contributed by atoms with Crippen LogP contribution in [0.25, 0.3) is 0 Å². The Kier molecular flexibility index (Phi) is 7.06. The van der Waals surface area contributed by atoms with E-state index in [2.05, 4.69) is 12.2 Å². The topological polar surface area (TPSA) is 64.6 Å². The molecule has 1 aromatic carbocycles. The normalized spacial score (nSPS) is 21.5. The first-order valence-electron chi connectivity index (χ1n) is 9.44. The molecule has 5 heteroatoms. The van der Waals surface area contributed by atoms with Crippen LogP contribution in [0.1, 0.15) is 58.9 Å². The maximum Gasteiger partial charge on any atom is 0.408 e. The van der Waals surface area contributed by atoms with Crippen LogP contribution in [0.15, 0.2) is 30.3 Å². The highest BCUT2D eigenvalue weighted by atomic mass is 16.6. The highest BCUT2D eigenvalue weighted by Crippen LogP contribution is 2.31. The Morgan fingerprint density at radius 2 is 1.88 bits per heavy atom. The maximum atomic E-state index is 12.7. The smallest absolute Gasteiger partial charge is 0.408 e. The van der Waals surface area contributed by atoms with Gasteiger partial charge in [-0.25, -0.2) is 9.59 Å². The second-order valence-corrected chi connectivity index (χ2v) is 8.25. The number of carbonyl (C=O) groups excluding carboxylic acids is 2. The number of ether oxygens (including phenoxy) is 2. The van der Waals surface area contributed by atoms with E-state index in [0.29, 0.717) is 5.92 Å². The van der Waals surface area contributed by atoms with E-state index in [1.165, 1.54) is 0 Å². The molecule has 0 aromatic heterocycles. The Balaban J connectivity index is 2.00. The quantitative estimate of drug-likeness (QED) is 0.787. The molecule has 1 fully saturated rings. The Morgan fingerprint density at radius 1 is 1.19 bits per heavy atom. The molecule has 3 atom stereocenters. The first-order chi connectivity index (χ1) is 12.2. The van der Waals surface area contributed by atoms with Crippen molar-refractivity contribution >= 4 is 12.1 Å². The third kappa shape index (κ3) is 6.70. The molecular formula is C21H31NO4. The van der Waals surface area contributed by atoms with Gasteiger partial charge in [0.05, 0.1) is 0 Å². The Bertz CT molecular complexity index is 594. The number of carbonyl (C=O) groups is 2. The molecule has 0 heterocycles. The molecule has 0 saturated heterocycles. The molecule has 26 heavy (non-hydrogen) atoms. The zero-order valence-corrected chi connectivity index (χ0v) is 16.3. The van der Waals surface area contributed by atoms with E-state index in [0.717, 1.165) is 31.2 Å². The van der Waals surface area contributed by atoms with Crippen molar-refractivity contribution in [2.75, 3.05) is 0 Å². The number of hydrogen-bond donors (Lipinski definition) is 1. The first kappa shape index (κ1) is 20.3. The molecule has 0 radical (unpaired) electrons.